The van der Waals surface area contributed by atoms with Crippen molar-refractivity contribution in [2.75, 3.05) is 13.2 Å². The van der Waals surface area contributed by atoms with Crippen molar-refractivity contribution in [2.45, 2.75) is 71.4 Å². The van der Waals surface area contributed by atoms with Crippen LogP contribution in [0.2, 0.25) is 0 Å². The van der Waals surface area contributed by atoms with Crippen molar-refractivity contribution in [3.63, 3.8) is 0 Å². The summed E-state index contributed by atoms with van der Waals surface area (Å²) in [5.74, 6) is 0.920. The van der Waals surface area contributed by atoms with Crippen molar-refractivity contribution in [1.82, 2.24) is 5.32 Å². The van der Waals surface area contributed by atoms with E-state index in [-0.39, 0.29) is 0 Å². The Kier molecular flexibility index (Phi) is 7.06. The number of nitrogens with one attached hydrogen (secondary N) is 1. The first-order valence-electron chi connectivity index (χ1n) is 7.11. The van der Waals surface area contributed by atoms with Crippen LogP contribution in [0.3, 0.4) is 0 Å². The number of hydrogen-bond donors (Lipinski definition) is 1. The molecule has 0 heterocycles. The molecule has 1 fully saturated rings. The molecule has 1 N–H and O–H groups in total. The highest BCUT2D eigenvalue weighted by molar-refractivity contribution is 4.84. The van der Waals surface area contributed by atoms with Gasteiger partial charge in [0.2, 0.25) is 0 Å². The third-order valence-corrected chi connectivity index (χ3v) is 3.66. The molecule has 0 aromatic rings. The van der Waals surface area contributed by atoms with Gasteiger partial charge in [-0.2, -0.15) is 0 Å². The van der Waals surface area contributed by atoms with Crippen molar-refractivity contribution in [1.29, 1.82) is 0 Å². The van der Waals surface area contributed by atoms with Gasteiger partial charge in [0.05, 0.1) is 6.61 Å². The fourth-order valence-electron chi connectivity index (χ4n) is 2.78. The quantitative estimate of drug-likeness (QED) is 0.686. The maximum atomic E-state index is 5.46. The van der Waals surface area contributed by atoms with E-state index in [9.17, 15) is 0 Å². The molecule has 2 nitrogen and oxygen atoms in total. The summed E-state index contributed by atoms with van der Waals surface area (Å²) in [6.07, 6.45) is 8.34. The maximum absolute atomic E-state index is 5.46. The zero-order chi connectivity index (χ0) is 11.8. The largest absolute Gasteiger partial charge is 0.380 e. The predicted octanol–water partition coefficient (Wildman–Crippen LogP) is 3.36. The summed E-state index contributed by atoms with van der Waals surface area (Å²) in [6.45, 7) is 8.27. The van der Waals surface area contributed by atoms with E-state index in [1.54, 1.807) is 0 Å². The van der Waals surface area contributed by atoms with E-state index in [4.69, 9.17) is 4.74 Å². The summed E-state index contributed by atoms with van der Waals surface area (Å²) in [5, 5.41) is 3.75. The van der Waals surface area contributed by atoms with Crippen LogP contribution >= 0.6 is 0 Å². The lowest BCUT2D eigenvalue weighted by Gasteiger charge is -2.25. The van der Waals surface area contributed by atoms with Crippen molar-refractivity contribution >= 4 is 0 Å². The minimum absolute atomic E-state index is 0.507. The fraction of sp³-hybridized carbons (Fsp3) is 1.00. The van der Waals surface area contributed by atoms with Gasteiger partial charge in [-0.25, -0.2) is 0 Å². The maximum Gasteiger partial charge on any atom is 0.0616 e. The van der Waals surface area contributed by atoms with Crippen molar-refractivity contribution in [3.8, 4) is 0 Å². The van der Waals surface area contributed by atoms with Crippen LogP contribution in [0, 0.1) is 5.92 Å². The Hall–Kier alpha value is -0.0800. The SMILES string of the molecule is CCCCC1CCCC1NC(C)COCC. The van der Waals surface area contributed by atoms with E-state index in [1.165, 1.54) is 38.5 Å². The van der Waals surface area contributed by atoms with Gasteiger partial charge < -0.3 is 10.1 Å². The highest BCUT2D eigenvalue weighted by Gasteiger charge is 2.27. The van der Waals surface area contributed by atoms with E-state index < -0.39 is 0 Å². The van der Waals surface area contributed by atoms with Crippen molar-refractivity contribution in [3.05, 3.63) is 0 Å². The summed E-state index contributed by atoms with van der Waals surface area (Å²) in [6, 6.07) is 1.26. The summed E-state index contributed by atoms with van der Waals surface area (Å²) in [5.41, 5.74) is 0. The molecule has 0 aromatic carbocycles. The predicted molar refractivity (Wildman–Crippen MR) is 69.7 cm³/mol. The Morgan fingerprint density at radius 2 is 2.12 bits per heavy atom. The Morgan fingerprint density at radius 1 is 1.31 bits per heavy atom. The van der Waals surface area contributed by atoms with Crippen molar-refractivity contribution in [2.24, 2.45) is 5.92 Å². The van der Waals surface area contributed by atoms with Crippen LogP contribution in [0.5, 0.6) is 0 Å². The van der Waals surface area contributed by atoms with Gasteiger partial charge in [-0.05, 0) is 39.0 Å². The van der Waals surface area contributed by atoms with Gasteiger partial charge in [-0.1, -0.05) is 26.2 Å². The molecule has 3 atom stereocenters. The Bertz CT molecular complexity index is 172. The second kappa shape index (κ2) is 8.08. The average Bonchev–Trinajstić information content (AvgIpc) is 2.71. The average molecular weight is 227 g/mol. The molecule has 0 amide bonds. The Balaban J connectivity index is 2.22. The smallest absolute Gasteiger partial charge is 0.0616 e. The van der Waals surface area contributed by atoms with Gasteiger partial charge in [-0.3, -0.25) is 0 Å². The molecule has 1 aliphatic rings. The van der Waals surface area contributed by atoms with Gasteiger partial charge in [0.25, 0.3) is 0 Å². The molecule has 1 aliphatic carbocycles. The van der Waals surface area contributed by atoms with Gasteiger partial charge in [-0.15, -0.1) is 0 Å². The van der Waals surface area contributed by atoms with Crippen LogP contribution in [0.15, 0.2) is 0 Å². The highest BCUT2D eigenvalue weighted by Crippen LogP contribution is 2.30. The van der Waals surface area contributed by atoms with Crippen molar-refractivity contribution < 1.29 is 4.74 Å². The van der Waals surface area contributed by atoms with Crippen LogP contribution in [0.1, 0.15) is 59.3 Å². The van der Waals surface area contributed by atoms with Gasteiger partial charge in [0.15, 0.2) is 0 Å². The lowest BCUT2D eigenvalue weighted by molar-refractivity contribution is 0.120. The first-order valence-corrected chi connectivity index (χ1v) is 7.11. The normalized spacial score (nSPS) is 27.2. The molecule has 0 bridgehead atoms. The molecule has 0 saturated heterocycles. The zero-order valence-corrected chi connectivity index (χ0v) is 11.3. The molecule has 1 saturated carbocycles. The van der Waals surface area contributed by atoms with E-state index in [2.05, 4.69) is 26.1 Å². The number of hydrogen-bond acceptors (Lipinski definition) is 2. The topological polar surface area (TPSA) is 21.3 Å². The highest BCUT2D eigenvalue weighted by atomic mass is 16.5. The number of unbranched alkanes of at least 4 members (excludes halogenated alkanes) is 1. The molecule has 16 heavy (non-hydrogen) atoms. The molecule has 3 unspecified atom stereocenters. The standard InChI is InChI=1S/C14H29NO/c1-4-6-8-13-9-7-10-14(13)15-12(3)11-16-5-2/h12-15H,4-11H2,1-3H3. The first-order chi connectivity index (χ1) is 7.77. The minimum atomic E-state index is 0.507. The molecular weight excluding hydrogens is 198 g/mol. The van der Waals surface area contributed by atoms with Crippen LogP contribution in [0.4, 0.5) is 0 Å². The fourth-order valence-corrected chi connectivity index (χ4v) is 2.78. The number of rotatable bonds is 8. The third kappa shape index (κ3) is 4.84. The van der Waals surface area contributed by atoms with Crippen LogP contribution in [-0.4, -0.2) is 25.3 Å². The molecule has 0 aliphatic heterocycles. The molecule has 0 aromatic heterocycles. The third-order valence-electron chi connectivity index (χ3n) is 3.66. The van der Waals surface area contributed by atoms with Crippen LogP contribution in [0.25, 0.3) is 0 Å². The second-order valence-corrected chi connectivity index (χ2v) is 5.17. The molecular formula is C14H29NO. The van der Waals surface area contributed by atoms with Gasteiger partial charge >= 0.3 is 0 Å². The van der Waals surface area contributed by atoms with E-state index in [0.717, 1.165) is 25.2 Å². The monoisotopic (exact) mass is 227 g/mol. The first kappa shape index (κ1) is 14.0. The Morgan fingerprint density at radius 3 is 2.81 bits per heavy atom. The summed E-state index contributed by atoms with van der Waals surface area (Å²) >= 11 is 0. The van der Waals surface area contributed by atoms with E-state index in [0.29, 0.717) is 6.04 Å². The van der Waals surface area contributed by atoms with E-state index >= 15 is 0 Å². The lowest BCUT2D eigenvalue weighted by Crippen LogP contribution is -2.41. The molecule has 1 rings (SSSR count). The molecule has 0 radical (unpaired) electrons. The van der Waals surface area contributed by atoms with Crippen LogP contribution < -0.4 is 5.32 Å². The van der Waals surface area contributed by atoms with Gasteiger partial charge in [0, 0.05) is 18.7 Å². The van der Waals surface area contributed by atoms with E-state index in [1.807, 2.05) is 0 Å². The molecule has 2 heteroatoms. The second-order valence-electron chi connectivity index (χ2n) is 5.17. The number of ether oxygens (including phenoxy) is 1. The van der Waals surface area contributed by atoms with Crippen LogP contribution in [-0.2, 0) is 4.74 Å². The molecule has 0 spiro atoms. The Labute approximate surface area is 101 Å². The molecule has 96 valence electrons. The summed E-state index contributed by atoms with van der Waals surface area (Å²) in [7, 11) is 0. The van der Waals surface area contributed by atoms with Gasteiger partial charge in [0.1, 0.15) is 0 Å². The summed E-state index contributed by atoms with van der Waals surface area (Å²) in [4.78, 5) is 0. The zero-order valence-electron chi connectivity index (χ0n) is 11.3. The summed E-state index contributed by atoms with van der Waals surface area (Å²) < 4.78 is 5.46. The lowest BCUT2D eigenvalue weighted by atomic mass is 9.96. The minimum Gasteiger partial charge on any atom is -0.380 e.